The molecule has 1 amide bonds. The van der Waals surface area contributed by atoms with Crippen LogP contribution in [0.4, 0.5) is 0 Å². The third-order valence-corrected chi connectivity index (χ3v) is 5.95. The van der Waals surface area contributed by atoms with Crippen LogP contribution in [0.1, 0.15) is 18.9 Å². The van der Waals surface area contributed by atoms with E-state index in [1.54, 1.807) is 19.1 Å². The van der Waals surface area contributed by atoms with Crippen LogP contribution in [0.25, 0.3) is 0 Å². The fraction of sp³-hybridized carbons (Fsp3) is 0.611. The van der Waals surface area contributed by atoms with Crippen LogP contribution in [0.5, 0.6) is 5.75 Å². The lowest BCUT2D eigenvalue weighted by Crippen LogP contribution is -2.45. The minimum absolute atomic E-state index is 0.0250. The fourth-order valence-electron chi connectivity index (χ4n) is 2.84. The SMILES string of the molecule is COc1ccc(C)cc1S(=O)(=O)N[C@H](C)C(=O)NCCCN1CCOCC1. The smallest absolute Gasteiger partial charge is 0.244 e. The summed E-state index contributed by atoms with van der Waals surface area (Å²) in [6.07, 6.45) is 0.802. The average Bonchev–Trinajstić information content (AvgIpc) is 2.65. The molecule has 0 radical (unpaired) electrons. The monoisotopic (exact) mass is 399 g/mol. The van der Waals surface area contributed by atoms with Gasteiger partial charge in [-0.15, -0.1) is 0 Å². The minimum atomic E-state index is -3.88. The molecule has 0 aliphatic carbocycles. The normalized spacial score (nSPS) is 16.7. The number of nitrogens with one attached hydrogen (secondary N) is 2. The number of amides is 1. The molecule has 0 bridgehead atoms. The number of sulfonamides is 1. The van der Waals surface area contributed by atoms with Crippen LogP contribution < -0.4 is 14.8 Å². The molecule has 152 valence electrons. The molecule has 1 fully saturated rings. The van der Waals surface area contributed by atoms with E-state index in [4.69, 9.17) is 9.47 Å². The van der Waals surface area contributed by atoms with Crippen molar-refractivity contribution in [1.82, 2.24) is 14.9 Å². The summed E-state index contributed by atoms with van der Waals surface area (Å²) in [4.78, 5) is 14.5. The molecule has 0 aromatic heterocycles. The Morgan fingerprint density at radius 3 is 2.70 bits per heavy atom. The van der Waals surface area contributed by atoms with E-state index >= 15 is 0 Å². The van der Waals surface area contributed by atoms with Crippen molar-refractivity contribution in [1.29, 1.82) is 0 Å². The van der Waals surface area contributed by atoms with Crippen LogP contribution in [0, 0.1) is 6.92 Å². The van der Waals surface area contributed by atoms with Gasteiger partial charge in [-0.3, -0.25) is 9.69 Å². The van der Waals surface area contributed by atoms with E-state index in [0.717, 1.165) is 44.8 Å². The minimum Gasteiger partial charge on any atom is -0.495 e. The average molecular weight is 400 g/mol. The van der Waals surface area contributed by atoms with Gasteiger partial charge in [0.2, 0.25) is 15.9 Å². The van der Waals surface area contributed by atoms with Crippen molar-refractivity contribution < 1.29 is 22.7 Å². The van der Waals surface area contributed by atoms with E-state index in [0.29, 0.717) is 6.54 Å². The molecule has 0 spiro atoms. The van der Waals surface area contributed by atoms with Gasteiger partial charge in [0.25, 0.3) is 0 Å². The molecule has 1 aliphatic rings. The number of ether oxygens (including phenoxy) is 2. The van der Waals surface area contributed by atoms with E-state index in [2.05, 4.69) is 14.9 Å². The van der Waals surface area contributed by atoms with Crippen LogP contribution in [-0.4, -0.2) is 71.8 Å². The quantitative estimate of drug-likeness (QED) is 0.588. The van der Waals surface area contributed by atoms with Gasteiger partial charge in [0, 0.05) is 19.6 Å². The number of methoxy groups -OCH3 is 1. The van der Waals surface area contributed by atoms with Crippen molar-refractivity contribution in [2.24, 2.45) is 0 Å². The first kappa shape index (κ1) is 21.6. The Balaban J connectivity index is 1.84. The standard InChI is InChI=1S/C18H29N3O5S/c1-14-5-6-16(25-3)17(13-14)27(23,24)20-15(2)18(22)19-7-4-8-21-9-11-26-12-10-21/h5-6,13,15,20H,4,7-12H2,1-3H3,(H,19,22)/t15-/m1/s1. The number of hydrogen-bond donors (Lipinski definition) is 2. The molecule has 0 saturated carbocycles. The number of morpholine rings is 1. The molecular formula is C18H29N3O5S. The second-order valence-corrected chi connectivity index (χ2v) is 8.28. The maximum absolute atomic E-state index is 12.6. The van der Waals surface area contributed by atoms with Crippen molar-refractivity contribution >= 4 is 15.9 Å². The van der Waals surface area contributed by atoms with E-state index in [1.165, 1.54) is 20.1 Å². The van der Waals surface area contributed by atoms with Crippen LogP contribution >= 0.6 is 0 Å². The van der Waals surface area contributed by atoms with Gasteiger partial charge >= 0.3 is 0 Å². The number of hydrogen-bond acceptors (Lipinski definition) is 6. The molecule has 0 unspecified atom stereocenters. The summed E-state index contributed by atoms with van der Waals surface area (Å²) >= 11 is 0. The van der Waals surface area contributed by atoms with E-state index in [9.17, 15) is 13.2 Å². The Hall–Kier alpha value is -1.68. The van der Waals surface area contributed by atoms with Crippen molar-refractivity contribution in [3.05, 3.63) is 23.8 Å². The first-order chi connectivity index (χ1) is 12.8. The number of nitrogens with zero attached hydrogens (tertiary/aromatic N) is 1. The predicted octanol–water partition coefficient (Wildman–Crippen LogP) is 0.509. The van der Waals surface area contributed by atoms with Gasteiger partial charge in [-0.2, -0.15) is 4.72 Å². The Kier molecular flexibility index (Phi) is 8.03. The summed E-state index contributed by atoms with van der Waals surface area (Å²) in [6, 6.07) is 4.00. The second-order valence-electron chi connectivity index (χ2n) is 6.60. The third-order valence-electron chi connectivity index (χ3n) is 4.39. The van der Waals surface area contributed by atoms with Crippen LogP contribution in [0.3, 0.4) is 0 Å². The summed E-state index contributed by atoms with van der Waals surface area (Å²) < 4.78 is 38.1. The highest BCUT2D eigenvalue weighted by molar-refractivity contribution is 7.89. The van der Waals surface area contributed by atoms with Gasteiger partial charge in [-0.05, 0) is 44.5 Å². The largest absolute Gasteiger partial charge is 0.495 e. The van der Waals surface area contributed by atoms with Crippen molar-refractivity contribution in [3.8, 4) is 5.75 Å². The lowest BCUT2D eigenvalue weighted by atomic mass is 10.2. The second kappa shape index (κ2) is 10.0. The van der Waals surface area contributed by atoms with Crippen LogP contribution in [0.2, 0.25) is 0 Å². The van der Waals surface area contributed by atoms with Gasteiger partial charge in [0.1, 0.15) is 10.6 Å². The van der Waals surface area contributed by atoms with Crippen molar-refractivity contribution in [3.63, 3.8) is 0 Å². The molecule has 2 rings (SSSR count). The number of benzene rings is 1. The van der Waals surface area contributed by atoms with Gasteiger partial charge in [-0.25, -0.2) is 8.42 Å². The zero-order valence-corrected chi connectivity index (χ0v) is 17.0. The zero-order chi connectivity index (χ0) is 19.9. The molecule has 27 heavy (non-hydrogen) atoms. The van der Waals surface area contributed by atoms with E-state index < -0.39 is 16.1 Å². The highest BCUT2D eigenvalue weighted by Crippen LogP contribution is 2.24. The zero-order valence-electron chi connectivity index (χ0n) is 16.2. The summed E-state index contributed by atoms with van der Waals surface area (Å²) in [5, 5.41) is 2.78. The molecule has 9 heteroatoms. The molecule has 1 aromatic carbocycles. The summed E-state index contributed by atoms with van der Waals surface area (Å²) in [5.41, 5.74) is 0.788. The molecular weight excluding hydrogens is 370 g/mol. The maximum Gasteiger partial charge on any atom is 0.244 e. The van der Waals surface area contributed by atoms with Gasteiger partial charge in [0.05, 0.1) is 26.4 Å². The number of carbonyl (C=O) groups is 1. The maximum atomic E-state index is 12.6. The molecule has 2 N–H and O–H groups in total. The highest BCUT2D eigenvalue weighted by Gasteiger charge is 2.25. The first-order valence-electron chi connectivity index (χ1n) is 9.08. The van der Waals surface area contributed by atoms with Crippen LogP contribution in [0.15, 0.2) is 23.1 Å². The van der Waals surface area contributed by atoms with Gasteiger partial charge < -0.3 is 14.8 Å². The summed E-state index contributed by atoms with van der Waals surface area (Å²) in [6.45, 7) is 7.99. The third kappa shape index (κ3) is 6.46. The number of carbonyl (C=O) groups excluding carboxylic acids is 1. The molecule has 1 heterocycles. The molecule has 1 atom stereocenters. The van der Waals surface area contributed by atoms with Crippen LogP contribution in [-0.2, 0) is 19.6 Å². The van der Waals surface area contributed by atoms with Crippen molar-refractivity contribution in [2.45, 2.75) is 31.2 Å². The Morgan fingerprint density at radius 1 is 1.33 bits per heavy atom. The van der Waals surface area contributed by atoms with Gasteiger partial charge in [-0.1, -0.05) is 6.07 Å². The predicted molar refractivity (Wildman–Crippen MR) is 102 cm³/mol. The molecule has 1 aromatic rings. The number of rotatable bonds is 9. The summed E-state index contributed by atoms with van der Waals surface area (Å²) in [7, 11) is -2.46. The molecule has 1 saturated heterocycles. The Morgan fingerprint density at radius 2 is 2.04 bits per heavy atom. The molecule has 8 nitrogen and oxygen atoms in total. The topological polar surface area (TPSA) is 97.0 Å². The molecule has 1 aliphatic heterocycles. The fourth-order valence-corrected chi connectivity index (χ4v) is 4.29. The Bertz CT molecular complexity index is 733. The lowest BCUT2D eigenvalue weighted by Gasteiger charge is -2.26. The first-order valence-corrected chi connectivity index (χ1v) is 10.6. The lowest BCUT2D eigenvalue weighted by molar-refractivity contribution is -0.122. The highest BCUT2D eigenvalue weighted by atomic mass is 32.2. The number of aryl methyl sites for hydroxylation is 1. The van der Waals surface area contributed by atoms with E-state index in [-0.39, 0.29) is 16.6 Å². The Labute approximate surface area is 161 Å². The van der Waals surface area contributed by atoms with Crippen molar-refractivity contribution in [2.75, 3.05) is 46.5 Å². The van der Waals surface area contributed by atoms with Gasteiger partial charge in [0.15, 0.2) is 0 Å². The summed E-state index contributed by atoms with van der Waals surface area (Å²) in [5.74, 6) is -0.113. The van der Waals surface area contributed by atoms with E-state index in [1.807, 2.05) is 0 Å².